The van der Waals surface area contributed by atoms with Crippen LogP contribution >= 0.6 is 0 Å². The molecule has 0 spiro atoms. The fourth-order valence-corrected chi connectivity index (χ4v) is 2.79. The zero-order chi connectivity index (χ0) is 13.4. The third-order valence-electron chi connectivity index (χ3n) is 1.40. The molecule has 0 amide bonds. The second kappa shape index (κ2) is 8.20. The molecule has 100 valence electrons. The predicted molar refractivity (Wildman–Crippen MR) is 62.4 cm³/mol. The number of hydrogen-bond acceptors (Lipinski definition) is 4. The van der Waals surface area contributed by atoms with Gasteiger partial charge in [0.05, 0.1) is 0 Å². The highest BCUT2D eigenvalue weighted by atomic mass is 32.3. The molecule has 0 bridgehead atoms. The molecule has 0 atom stereocenters. The molecule has 5 nitrogen and oxygen atoms in total. The lowest BCUT2D eigenvalue weighted by Crippen LogP contribution is -2.09. The van der Waals surface area contributed by atoms with Crippen molar-refractivity contribution in [3.8, 4) is 0 Å². The molecule has 0 unspecified atom stereocenters. The molecule has 0 aromatic rings. The van der Waals surface area contributed by atoms with E-state index < -0.39 is 20.8 Å². The van der Waals surface area contributed by atoms with Crippen molar-refractivity contribution >= 4 is 31.7 Å². The predicted octanol–water partition coefficient (Wildman–Crippen LogP) is 1.45. The van der Waals surface area contributed by atoms with Gasteiger partial charge in [0.2, 0.25) is 20.8 Å². The molecular weight excluding hydrogens is 284 g/mol. The normalized spacial score (nSPS) is 12.1. The van der Waals surface area contributed by atoms with Crippen LogP contribution < -0.4 is 0 Å². The standard InChI is InChI=1S/C6H15S.F2NO4S2/c1-4-7(5-2)6-3;1-8(4,5)3-9(2,6)7/h4-6H2,1-3H3;/q+1;-1. The molecule has 0 rings (SSSR count). The molecule has 0 saturated heterocycles. The van der Waals surface area contributed by atoms with E-state index in [0.29, 0.717) is 0 Å². The third-order valence-corrected chi connectivity index (χ3v) is 5.28. The van der Waals surface area contributed by atoms with Gasteiger partial charge >= 0.3 is 0 Å². The second-order valence-electron chi connectivity index (χ2n) is 2.38. The lowest BCUT2D eigenvalue weighted by atomic mass is 10.9. The van der Waals surface area contributed by atoms with Crippen LogP contribution in [0.2, 0.25) is 0 Å². The fourth-order valence-electron chi connectivity index (χ4n) is 0.719. The first-order valence-corrected chi connectivity index (χ1v) is 8.74. The van der Waals surface area contributed by atoms with Gasteiger partial charge in [0.25, 0.3) is 0 Å². The summed E-state index contributed by atoms with van der Waals surface area (Å²) in [6, 6.07) is 0. The monoisotopic (exact) mass is 299 g/mol. The molecule has 0 saturated carbocycles. The first-order valence-electron chi connectivity index (χ1n) is 4.33. The molecule has 10 heteroatoms. The molecule has 0 aliphatic rings. The number of halogens is 2. The summed E-state index contributed by atoms with van der Waals surface area (Å²) < 4.78 is 60.1. The van der Waals surface area contributed by atoms with Gasteiger partial charge in [-0.05, 0) is 31.7 Å². The lowest BCUT2D eigenvalue weighted by molar-refractivity contribution is 0.551. The average Bonchev–Trinajstić information content (AvgIpc) is 2.01. The minimum Gasteiger partial charge on any atom is -0.379 e. The molecule has 0 N–H and O–H groups in total. The molecule has 0 fully saturated rings. The van der Waals surface area contributed by atoms with Crippen LogP contribution in [-0.4, -0.2) is 34.1 Å². The molecule has 0 aromatic heterocycles. The van der Waals surface area contributed by atoms with E-state index in [0.717, 1.165) is 15.0 Å². The summed E-state index contributed by atoms with van der Waals surface area (Å²) in [5.74, 6) is 4.15. The maximum absolute atomic E-state index is 11.1. The van der Waals surface area contributed by atoms with Crippen LogP contribution in [0.3, 0.4) is 0 Å². The van der Waals surface area contributed by atoms with Crippen LogP contribution in [0, 0.1) is 0 Å². The Labute approximate surface area is 98.7 Å². The van der Waals surface area contributed by atoms with Gasteiger partial charge in [-0.2, -0.15) is 0 Å². The molecule has 0 aromatic carbocycles. The van der Waals surface area contributed by atoms with Crippen LogP contribution in [0.1, 0.15) is 20.8 Å². The Balaban J connectivity index is 0. The first kappa shape index (κ1) is 18.4. The quantitative estimate of drug-likeness (QED) is 0.568. The second-order valence-corrected chi connectivity index (χ2v) is 7.58. The topological polar surface area (TPSA) is 82.4 Å². The Hall–Kier alpha value is 0.0700. The van der Waals surface area contributed by atoms with Crippen LogP contribution in [0.4, 0.5) is 7.77 Å². The van der Waals surface area contributed by atoms with Crippen LogP contribution in [0.5, 0.6) is 0 Å². The molecular formula is C6H15F2NO4S3. The molecule has 16 heavy (non-hydrogen) atoms. The Morgan fingerprint density at radius 2 is 1.12 bits per heavy atom. The number of nitrogens with zero attached hydrogens (tertiary/aromatic N) is 1. The fraction of sp³-hybridized carbons (Fsp3) is 1.00. The third kappa shape index (κ3) is 16.5. The molecule has 0 heterocycles. The van der Waals surface area contributed by atoms with E-state index in [4.69, 9.17) is 0 Å². The zero-order valence-corrected chi connectivity index (χ0v) is 11.6. The van der Waals surface area contributed by atoms with E-state index in [-0.39, 0.29) is 0 Å². The smallest absolute Gasteiger partial charge is 0.241 e. The molecule has 0 aliphatic carbocycles. The van der Waals surface area contributed by atoms with E-state index in [1.807, 2.05) is 0 Å². The zero-order valence-electron chi connectivity index (χ0n) is 9.18. The van der Waals surface area contributed by atoms with Crippen molar-refractivity contribution in [1.29, 1.82) is 0 Å². The number of rotatable bonds is 5. The van der Waals surface area contributed by atoms with Crippen LogP contribution in [-0.2, 0) is 31.7 Å². The van der Waals surface area contributed by atoms with Crippen molar-refractivity contribution in [2.45, 2.75) is 20.8 Å². The SMILES string of the molecule is CC[S+](CC)CC.O=S(=O)(F)[N-]S(=O)(=O)F. The minimum absolute atomic E-state index is 0.755. The first-order chi connectivity index (χ1) is 7.05. The van der Waals surface area contributed by atoms with Gasteiger partial charge in [-0.3, -0.25) is 0 Å². The highest BCUT2D eigenvalue weighted by Gasteiger charge is 2.05. The summed E-state index contributed by atoms with van der Waals surface area (Å²) in [6.07, 6.45) is 0. The van der Waals surface area contributed by atoms with E-state index in [9.17, 15) is 24.6 Å². The maximum atomic E-state index is 11.1. The van der Waals surface area contributed by atoms with Crippen molar-refractivity contribution < 1.29 is 24.6 Å². The van der Waals surface area contributed by atoms with Gasteiger partial charge < -0.3 is 4.13 Å². The van der Waals surface area contributed by atoms with Crippen molar-refractivity contribution in [3.05, 3.63) is 4.13 Å². The van der Waals surface area contributed by atoms with Crippen molar-refractivity contribution in [2.75, 3.05) is 17.3 Å². The van der Waals surface area contributed by atoms with Gasteiger partial charge in [-0.1, -0.05) is 0 Å². The summed E-state index contributed by atoms with van der Waals surface area (Å²) in [5.41, 5.74) is 0. The van der Waals surface area contributed by atoms with Crippen molar-refractivity contribution in [2.24, 2.45) is 0 Å². The van der Waals surface area contributed by atoms with Gasteiger partial charge in [-0.15, -0.1) is 7.77 Å². The van der Waals surface area contributed by atoms with Crippen molar-refractivity contribution in [3.63, 3.8) is 0 Å². The summed E-state index contributed by atoms with van der Waals surface area (Å²) in [6.45, 7) is 6.82. The van der Waals surface area contributed by atoms with E-state index in [1.54, 1.807) is 0 Å². The highest BCUT2D eigenvalue weighted by Crippen LogP contribution is 2.11. The average molecular weight is 299 g/mol. The van der Waals surface area contributed by atoms with Gasteiger partial charge in [0.15, 0.2) is 0 Å². The van der Waals surface area contributed by atoms with Gasteiger partial charge in [0, 0.05) is 0 Å². The maximum Gasteiger partial charge on any atom is 0.241 e. The van der Waals surface area contributed by atoms with E-state index in [1.165, 1.54) is 17.3 Å². The van der Waals surface area contributed by atoms with Crippen LogP contribution in [0.15, 0.2) is 0 Å². The lowest BCUT2D eigenvalue weighted by Gasteiger charge is -2.03. The Morgan fingerprint density at radius 1 is 0.875 bits per heavy atom. The summed E-state index contributed by atoms with van der Waals surface area (Å²) in [5, 5.41) is 0. The Bertz CT molecular complexity index is 328. The molecule has 0 aliphatic heterocycles. The minimum atomic E-state index is -5.62. The molecule has 0 radical (unpaired) electrons. The summed E-state index contributed by atoms with van der Waals surface area (Å²) in [7, 11) is -10.5. The number of hydrogen-bond donors (Lipinski definition) is 0. The van der Waals surface area contributed by atoms with Gasteiger partial charge in [0.1, 0.15) is 17.3 Å². The summed E-state index contributed by atoms with van der Waals surface area (Å²) >= 11 is 0. The van der Waals surface area contributed by atoms with Gasteiger partial charge in [-0.25, -0.2) is 16.8 Å². The van der Waals surface area contributed by atoms with E-state index >= 15 is 0 Å². The van der Waals surface area contributed by atoms with Crippen LogP contribution in [0.25, 0.3) is 4.13 Å². The highest BCUT2D eigenvalue weighted by molar-refractivity contribution is 8.07. The largest absolute Gasteiger partial charge is 0.379 e. The Morgan fingerprint density at radius 3 is 1.12 bits per heavy atom. The van der Waals surface area contributed by atoms with E-state index in [2.05, 4.69) is 20.8 Å². The van der Waals surface area contributed by atoms with Crippen molar-refractivity contribution in [1.82, 2.24) is 0 Å². The Kier molecular flexibility index (Phi) is 9.45. The summed E-state index contributed by atoms with van der Waals surface area (Å²) in [4.78, 5) is 0.